The highest BCUT2D eigenvalue weighted by Gasteiger charge is 2.25. The van der Waals surface area contributed by atoms with Gasteiger partial charge in [-0.05, 0) is 41.3 Å². The summed E-state index contributed by atoms with van der Waals surface area (Å²) in [5.74, 6) is 0.633. The molecule has 0 aliphatic heterocycles. The third kappa shape index (κ3) is 4.52. The van der Waals surface area contributed by atoms with E-state index in [4.69, 9.17) is 4.74 Å². The maximum atomic E-state index is 13.4. The zero-order chi connectivity index (χ0) is 21.8. The molecule has 7 heteroatoms. The van der Waals surface area contributed by atoms with Crippen LogP contribution in [-0.4, -0.2) is 24.8 Å². The Morgan fingerprint density at radius 1 is 0.871 bits per heavy atom. The SMILES string of the molecule is COc1ccc2cc(CN(Cc3ccccc3)S(=O)(=O)c3ccccc3)c(=O)[nH]c2c1. The first-order chi connectivity index (χ1) is 15.0. The number of hydrogen-bond acceptors (Lipinski definition) is 4. The molecule has 0 atom stereocenters. The van der Waals surface area contributed by atoms with Crippen LogP contribution in [0.4, 0.5) is 0 Å². The molecule has 1 heterocycles. The lowest BCUT2D eigenvalue weighted by Gasteiger charge is -2.22. The topological polar surface area (TPSA) is 79.5 Å². The van der Waals surface area contributed by atoms with Crippen LogP contribution >= 0.6 is 0 Å². The van der Waals surface area contributed by atoms with E-state index >= 15 is 0 Å². The molecule has 0 saturated heterocycles. The number of aromatic amines is 1. The van der Waals surface area contributed by atoms with Crippen molar-refractivity contribution in [1.82, 2.24) is 9.29 Å². The van der Waals surface area contributed by atoms with Crippen LogP contribution < -0.4 is 10.3 Å². The van der Waals surface area contributed by atoms with Crippen molar-refractivity contribution in [3.63, 3.8) is 0 Å². The molecule has 0 spiro atoms. The number of aromatic nitrogens is 1. The van der Waals surface area contributed by atoms with Gasteiger partial charge in [-0.2, -0.15) is 4.31 Å². The Balaban J connectivity index is 1.75. The predicted octanol–water partition coefficient (Wildman–Crippen LogP) is 3.93. The monoisotopic (exact) mass is 434 g/mol. The van der Waals surface area contributed by atoms with Crippen molar-refractivity contribution in [2.24, 2.45) is 0 Å². The van der Waals surface area contributed by atoms with Crippen molar-refractivity contribution in [2.45, 2.75) is 18.0 Å². The van der Waals surface area contributed by atoms with E-state index in [0.29, 0.717) is 16.8 Å². The van der Waals surface area contributed by atoms with Gasteiger partial charge in [0.1, 0.15) is 5.75 Å². The van der Waals surface area contributed by atoms with Gasteiger partial charge in [-0.25, -0.2) is 8.42 Å². The van der Waals surface area contributed by atoms with Crippen LogP contribution in [-0.2, 0) is 23.1 Å². The fourth-order valence-corrected chi connectivity index (χ4v) is 4.84. The summed E-state index contributed by atoms with van der Waals surface area (Å²) in [5.41, 5.74) is 1.51. The summed E-state index contributed by atoms with van der Waals surface area (Å²) >= 11 is 0. The Morgan fingerprint density at radius 3 is 2.23 bits per heavy atom. The third-order valence-corrected chi connectivity index (χ3v) is 6.87. The number of rotatable bonds is 7. The summed E-state index contributed by atoms with van der Waals surface area (Å²) in [5, 5.41) is 0.798. The number of benzene rings is 3. The molecule has 1 N–H and O–H groups in total. The molecule has 4 aromatic rings. The van der Waals surface area contributed by atoms with Crippen molar-refractivity contribution in [2.75, 3.05) is 7.11 Å². The number of nitrogens with one attached hydrogen (secondary N) is 1. The molecule has 4 rings (SSSR count). The molecule has 0 aliphatic rings. The molecule has 0 bridgehead atoms. The average Bonchev–Trinajstić information content (AvgIpc) is 2.80. The van der Waals surface area contributed by atoms with Crippen molar-refractivity contribution in [1.29, 1.82) is 0 Å². The maximum Gasteiger partial charge on any atom is 0.252 e. The van der Waals surface area contributed by atoms with Crippen molar-refractivity contribution < 1.29 is 13.2 Å². The molecular formula is C24H22N2O4S. The van der Waals surface area contributed by atoms with Gasteiger partial charge in [0, 0.05) is 24.7 Å². The third-order valence-electron chi connectivity index (χ3n) is 5.06. The smallest absolute Gasteiger partial charge is 0.252 e. The maximum absolute atomic E-state index is 13.4. The van der Waals surface area contributed by atoms with Crippen molar-refractivity contribution in [3.8, 4) is 5.75 Å². The lowest BCUT2D eigenvalue weighted by Crippen LogP contribution is -2.32. The standard InChI is InChI=1S/C24H22N2O4S/c1-30-21-13-12-19-14-20(24(27)25-23(19)15-21)17-26(16-18-8-4-2-5-9-18)31(28,29)22-10-6-3-7-11-22/h2-15H,16-17H2,1H3,(H,25,27). The van der Waals surface area contributed by atoms with E-state index in [1.807, 2.05) is 36.4 Å². The largest absolute Gasteiger partial charge is 0.497 e. The second-order valence-corrected chi connectivity index (χ2v) is 9.09. The van der Waals surface area contributed by atoms with Crippen LogP contribution in [0.1, 0.15) is 11.1 Å². The second kappa shape index (κ2) is 8.75. The molecule has 0 amide bonds. The van der Waals surface area contributed by atoms with Crippen LogP contribution in [0, 0.1) is 0 Å². The Kier molecular flexibility index (Phi) is 5.88. The van der Waals surface area contributed by atoms with Gasteiger partial charge in [-0.1, -0.05) is 48.5 Å². The first kappa shape index (κ1) is 20.8. The van der Waals surface area contributed by atoms with Gasteiger partial charge in [-0.15, -0.1) is 0 Å². The fourth-order valence-electron chi connectivity index (χ4n) is 3.41. The van der Waals surface area contributed by atoms with Gasteiger partial charge in [0.25, 0.3) is 5.56 Å². The van der Waals surface area contributed by atoms with Crippen LogP contribution in [0.25, 0.3) is 10.9 Å². The molecule has 0 saturated carbocycles. The minimum atomic E-state index is -3.82. The molecule has 158 valence electrons. The summed E-state index contributed by atoms with van der Waals surface area (Å²) in [4.78, 5) is 15.8. The Hall–Kier alpha value is -3.42. The van der Waals surface area contributed by atoms with Crippen LogP contribution in [0.3, 0.4) is 0 Å². The van der Waals surface area contributed by atoms with Crippen molar-refractivity contribution in [3.05, 3.63) is 106 Å². The summed E-state index contributed by atoms with van der Waals surface area (Å²) in [7, 11) is -2.26. The van der Waals surface area contributed by atoms with Crippen LogP contribution in [0.2, 0.25) is 0 Å². The summed E-state index contributed by atoms with van der Waals surface area (Å²) in [6.45, 7) is 0.0988. The first-order valence-electron chi connectivity index (χ1n) is 9.76. The minimum absolute atomic E-state index is 0.0522. The lowest BCUT2D eigenvalue weighted by molar-refractivity contribution is 0.400. The Labute approximate surface area is 180 Å². The minimum Gasteiger partial charge on any atom is -0.497 e. The van der Waals surface area contributed by atoms with E-state index in [1.165, 1.54) is 4.31 Å². The molecule has 0 aliphatic carbocycles. The van der Waals surface area contributed by atoms with Crippen LogP contribution in [0.5, 0.6) is 5.75 Å². The number of hydrogen-bond donors (Lipinski definition) is 1. The molecule has 1 aromatic heterocycles. The van der Waals surface area contributed by atoms with Gasteiger partial charge in [-0.3, -0.25) is 4.79 Å². The van der Waals surface area contributed by atoms with Gasteiger partial charge in [0.15, 0.2) is 0 Å². The van der Waals surface area contributed by atoms with Crippen molar-refractivity contribution >= 4 is 20.9 Å². The summed E-state index contributed by atoms with van der Waals surface area (Å²) < 4.78 is 33.3. The Bertz CT molecular complexity index is 1350. The first-order valence-corrected chi connectivity index (χ1v) is 11.2. The van der Waals surface area contributed by atoms with E-state index in [2.05, 4.69) is 4.98 Å². The van der Waals surface area contributed by atoms with Crippen LogP contribution in [0.15, 0.2) is 94.6 Å². The van der Waals surface area contributed by atoms with Gasteiger partial charge in [0.05, 0.1) is 17.5 Å². The number of nitrogens with zero attached hydrogens (tertiary/aromatic N) is 1. The van der Waals surface area contributed by atoms with E-state index in [1.54, 1.807) is 55.6 Å². The Morgan fingerprint density at radius 2 is 1.55 bits per heavy atom. The number of ether oxygens (including phenoxy) is 1. The zero-order valence-electron chi connectivity index (χ0n) is 17.0. The summed E-state index contributed by atoms with van der Waals surface area (Å²) in [6, 6.07) is 24.7. The second-order valence-electron chi connectivity index (χ2n) is 7.15. The molecule has 0 fully saturated rings. The van der Waals surface area contributed by atoms with E-state index < -0.39 is 10.0 Å². The lowest BCUT2D eigenvalue weighted by atomic mass is 10.1. The number of sulfonamides is 1. The number of fused-ring (bicyclic) bond motifs is 1. The fraction of sp³-hybridized carbons (Fsp3) is 0.125. The highest BCUT2D eigenvalue weighted by Crippen LogP contribution is 2.22. The molecule has 3 aromatic carbocycles. The van der Waals surface area contributed by atoms with E-state index in [0.717, 1.165) is 10.9 Å². The number of H-pyrrole nitrogens is 1. The molecule has 31 heavy (non-hydrogen) atoms. The molecule has 6 nitrogen and oxygen atoms in total. The van der Waals surface area contributed by atoms with Gasteiger partial charge < -0.3 is 9.72 Å². The van der Waals surface area contributed by atoms with Gasteiger partial charge >= 0.3 is 0 Å². The highest BCUT2D eigenvalue weighted by atomic mass is 32.2. The predicted molar refractivity (Wildman–Crippen MR) is 120 cm³/mol. The molecule has 0 radical (unpaired) electrons. The molecular weight excluding hydrogens is 412 g/mol. The summed E-state index contributed by atoms with van der Waals surface area (Å²) in [6.07, 6.45) is 0. The quantitative estimate of drug-likeness (QED) is 0.478. The van der Waals surface area contributed by atoms with E-state index in [-0.39, 0.29) is 23.5 Å². The number of methoxy groups -OCH3 is 1. The average molecular weight is 435 g/mol. The highest BCUT2D eigenvalue weighted by molar-refractivity contribution is 7.89. The zero-order valence-corrected chi connectivity index (χ0v) is 17.8. The molecule has 0 unspecified atom stereocenters. The number of pyridine rings is 1. The van der Waals surface area contributed by atoms with E-state index in [9.17, 15) is 13.2 Å². The normalized spacial score (nSPS) is 11.7. The van der Waals surface area contributed by atoms with Gasteiger partial charge in [0.2, 0.25) is 10.0 Å².